The predicted octanol–water partition coefficient (Wildman–Crippen LogP) is 3.67. The van der Waals surface area contributed by atoms with E-state index >= 15 is 0 Å². The second kappa shape index (κ2) is 2.98. The van der Waals surface area contributed by atoms with Crippen molar-refractivity contribution in [2.75, 3.05) is 0 Å². The second-order valence-electron chi connectivity index (χ2n) is 2.46. The smallest absolute Gasteiger partial charge is 0.166 e. The van der Waals surface area contributed by atoms with Gasteiger partial charge in [-0.2, -0.15) is 13.2 Å². The molecule has 0 N–H and O–H groups in total. The molecule has 0 aliphatic carbocycles. The van der Waals surface area contributed by atoms with Gasteiger partial charge in [0.1, 0.15) is 0 Å². The largest absolute Gasteiger partial charge is 0.416 e. The minimum atomic E-state index is -4.31. The molecule has 0 aliphatic rings. The third-order valence-corrected chi connectivity index (χ3v) is 1.91. The van der Waals surface area contributed by atoms with Crippen LogP contribution >= 0.6 is 11.6 Å². The van der Waals surface area contributed by atoms with E-state index in [1.165, 1.54) is 6.07 Å². The lowest BCUT2D eigenvalue weighted by atomic mass is 10.1. The van der Waals surface area contributed by atoms with Crippen molar-refractivity contribution in [2.24, 2.45) is 0 Å². The van der Waals surface area contributed by atoms with E-state index in [-0.39, 0.29) is 5.02 Å². The van der Waals surface area contributed by atoms with Crippen LogP contribution in [0.15, 0.2) is 18.2 Å². The fraction of sp³-hybridized carbons (Fsp3) is 0.250. The van der Waals surface area contributed by atoms with Crippen LogP contribution < -0.4 is 0 Å². The summed E-state index contributed by atoms with van der Waals surface area (Å²) in [6.07, 6.45) is -4.31. The van der Waals surface area contributed by atoms with Crippen molar-refractivity contribution in [3.05, 3.63) is 34.3 Å². The number of benzene rings is 1. The van der Waals surface area contributed by atoms with E-state index in [9.17, 15) is 13.2 Å². The number of alkyl halides is 3. The summed E-state index contributed by atoms with van der Waals surface area (Å²) in [4.78, 5) is 0. The van der Waals surface area contributed by atoms with Crippen molar-refractivity contribution in [1.82, 2.24) is 0 Å². The van der Waals surface area contributed by atoms with Gasteiger partial charge >= 0.3 is 6.18 Å². The molecule has 1 rings (SSSR count). The van der Waals surface area contributed by atoms with Gasteiger partial charge in [-0.3, -0.25) is 0 Å². The fourth-order valence-corrected chi connectivity index (χ4v) is 0.950. The molecule has 0 atom stereocenters. The first-order chi connectivity index (χ1) is 5.41. The van der Waals surface area contributed by atoms with E-state index in [0.29, 0.717) is 5.56 Å². The number of aryl methyl sites for hydroxylation is 1. The maximum absolute atomic E-state index is 12.0. The first-order valence-corrected chi connectivity index (χ1v) is 3.62. The zero-order chi connectivity index (χ0) is 9.35. The lowest BCUT2D eigenvalue weighted by molar-refractivity contribution is -0.137. The van der Waals surface area contributed by atoms with Gasteiger partial charge in [0.15, 0.2) is 0 Å². The Bertz CT molecular complexity index is 291. The van der Waals surface area contributed by atoms with E-state index in [0.717, 1.165) is 12.1 Å². The molecular weight excluding hydrogens is 189 g/mol. The Kier molecular flexibility index (Phi) is 2.33. The van der Waals surface area contributed by atoms with Crippen LogP contribution in [0.3, 0.4) is 0 Å². The lowest BCUT2D eigenvalue weighted by Gasteiger charge is -2.07. The molecule has 66 valence electrons. The Morgan fingerprint density at radius 1 is 1.25 bits per heavy atom. The normalized spacial score (nSPS) is 11.8. The molecule has 4 heteroatoms. The summed E-state index contributed by atoms with van der Waals surface area (Å²) in [7, 11) is 0. The van der Waals surface area contributed by atoms with Crippen LogP contribution in [-0.2, 0) is 6.18 Å². The van der Waals surface area contributed by atoms with E-state index in [4.69, 9.17) is 11.6 Å². The van der Waals surface area contributed by atoms with Crippen molar-refractivity contribution >= 4 is 11.6 Å². The van der Waals surface area contributed by atoms with Gasteiger partial charge in [-0.1, -0.05) is 17.7 Å². The van der Waals surface area contributed by atoms with Gasteiger partial charge in [0.2, 0.25) is 0 Å². The zero-order valence-electron chi connectivity index (χ0n) is 6.24. The van der Waals surface area contributed by atoms with Crippen LogP contribution in [0.25, 0.3) is 0 Å². The molecule has 0 nitrogen and oxygen atoms in total. The maximum Gasteiger partial charge on any atom is 0.416 e. The Morgan fingerprint density at radius 3 is 2.25 bits per heavy atom. The molecule has 1 aromatic rings. The number of rotatable bonds is 0. The van der Waals surface area contributed by atoms with Crippen molar-refractivity contribution in [3.8, 4) is 0 Å². The first kappa shape index (κ1) is 9.39. The minimum absolute atomic E-state index is 0.143. The molecule has 0 unspecified atom stereocenters. The Hall–Kier alpha value is -0.700. The van der Waals surface area contributed by atoms with E-state index in [2.05, 4.69) is 0 Å². The molecule has 0 bridgehead atoms. The van der Waals surface area contributed by atoms with Gasteiger partial charge in [-0.05, 0) is 24.6 Å². The van der Waals surface area contributed by atoms with Gasteiger partial charge in [-0.25, -0.2) is 0 Å². The predicted molar refractivity (Wildman–Crippen MR) is 41.2 cm³/mol. The summed E-state index contributed by atoms with van der Waals surface area (Å²) in [5.74, 6) is 0. The molecule has 0 aromatic heterocycles. The summed E-state index contributed by atoms with van der Waals surface area (Å²) in [5.41, 5.74) is -0.0669. The molecule has 0 saturated carbocycles. The summed E-state index contributed by atoms with van der Waals surface area (Å²) in [6, 6.07) is 3.29. The van der Waals surface area contributed by atoms with Crippen LogP contribution in [0.5, 0.6) is 0 Å². The van der Waals surface area contributed by atoms with Crippen LogP contribution in [0, 0.1) is 6.92 Å². The highest BCUT2D eigenvalue weighted by molar-refractivity contribution is 6.31. The van der Waals surface area contributed by atoms with Crippen molar-refractivity contribution in [1.29, 1.82) is 0 Å². The number of halogens is 4. The average molecular weight is 195 g/mol. The summed E-state index contributed by atoms with van der Waals surface area (Å²) in [5, 5.41) is 0.143. The summed E-state index contributed by atoms with van der Waals surface area (Å²) in [6.45, 7) is 1.66. The van der Waals surface area contributed by atoms with Gasteiger partial charge < -0.3 is 0 Å². The average Bonchev–Trinajstić information content (AvgIpc) is 1.92. The summed E-state index contributed by atoms with van der Waals surface area (Å²) < 4.78 is 36.1. The third-order valence-electron chi connectivity index (χ3n) is 1.50. The molecule has 0 spiro atoms. The van der Waals surface area contributed by atoms with E-state index < -0.39 is 11.7 Å². The standard InChI is InChI=1S/C8H6ClF3/c1-5-2-3-6(4-7(5)9)8(10,11)12/h2-4H,1H3. The van der Waals surface area contributed by atoms with Gasteiger partial charge in [0, 0.05) is 5.02 Å². The van der Waals surface area contributed by atoms with E-state index in [1.54, 1.807) is 6.92 Å². The zero-order valence-corrected chi connectivity index (χ0v) is 7.00. The van der Waals surface area contributed by atoms with Crippen molar-refractivity contribution in [2.45, 2.75) is 13.1 Å². The van der Waals surface area contributed by atoms with Crippen LogP contribution in [-0.4, -0.2) is 0 Å². The highest BCUT2D eigenvalue weighted by atomic mass is 35.5. The minimum Gasteiger partial charge on any atom is -0.166 e. The molecule has 0 heterocycles. The van der Waals surface area contributed by atoms with Gasteiger partial charge in [0.05, 0.1) is 5.56 Å². The highest BCUT2D eigenvalue weighted by Gasteiger charge is 2.30. The number of hydrogen-bond donors (Lipinski definition) is 0. The maximum atomic E-state index is 12.0. The third kappa shape index (κ3) is 1.91. The van der Waals surface area contributed by atoms with Crippen LogP contribution in [0.4, 0.5) is 13.2 Å². The topological polar surface area (TPSA) is 0 Å². The Labute approximate surface area is 73.0 Å². The van der Waals surface area contributed by atoms with Crippen LogP contribution in [0.2, 0.25) is 5.02 Å². The molecule has 0 saturated heterocycles. The molecule has 0 radical (unpaired) electrons. The van der Waals surface area contributed by atoms with Crippen molar-refractivity contribution < 1.29 is 13.2 Å². The molecular formula is C8H6ClF3. The monoisotopic (exact) mass is 194 g/mol. The Balaban J connectivity index is 3.14. The summed E-state index contributed by atoms with van der Waals surface area (Å²) >= 11 is 5.52. The number of hydrogen-bond acceptors (Lipinski definition) is 0. The first-order valence-electron chi connectivity index (χ1n) is 3.24. The van der Waals surface area contributed by atoms with Crippen molar-refractivity contribution in [3.63, 3.8) is 0 Å². The van der Waals surface area contributed by atoms with Gasteiger partial charge in [0.25, 0.3) is 0 Å². The SMILES string of the molecule is Cc1ccc(C(F)(F)F)cc1Cl. The highest BCUT2D eigenvalue weighted by Crippen LogP contribution is 2.31. The van der Waals surface area contributed by atoms with Crippen LogP contribution in [0.1, 0.15) is 11.1 Å². The molecule has 0 aliphatic heterocycles. The molecule has 0 amide bonds. The quantitative estimate of drug-likeness (QED) is 0.591. The molecule has 1 aromatic carbocycles. The molecule has 0 fully saturated rings. The lowest BCUT2D eigenvalue weighted by Crippen LogP contribution is -2.04. The second-order valence-corrected chi connectivity index (χ2v) is 2.87. The Morgan fingerprint density at radius 2 is 1.83 bits per heavy atom. The van der Waals surface area contributed by atoms with E-state index in [1.807, 2.05) is 0 Å². The fourth-order valence-electron chi connectivity index (χ4n) is 0.769. The van der Waals surface area contributed by atoms with Gasteiger partial charge in [-0.15, -0.1) is 0 Å². The molecule has 12 heavy (non-hydrogen) atoms.